The number of aromatic nitrogens is 2. The summed E-state index contributed by atoms with van der Waals surface area (Å²) in [5.41, 5.74) is 6.68. The van der Waals surface area contributed by atoms with Gasteiger partial charge in [0.25, 0.3) is 11.8 Å². The number of fused-ring (bicyclic) bond motifs is 3. The fraction of sp³-hybridized carbons (Fsp3) is 0.167. The van der Waals surface area contributed by atoms with E-state index in [9.17, 15) is 14.4 Å². The van der Waals surface area contributed by atoms with E-state index in [1.54, 1.807) is 31.4 Å². The molecule has 0 spiro atoms. The number of aromatic amines is 2. The van der Waals surface area contributed by atoms with Crippen LogP contribution in [-0.2, 0) is 17.6 Å². The topological polar surface area (TPSA) is 107 Å². The van der Waals surface area contributed by atoms with Crippen LogP contribution in [-0.4, -0.2) is 53.3 Å². The van der Waals surface area contributed by atoms with Gasteiger partial charge in [-0.2, -0.15) is 0 Å². The maximum absolute atomic E-state index is 13.0. The summed E-state index contributed by atoms with van der Waals surface area (Å²) >= 11 is 0. The number of nitrogens with zero attached hydrogens (tertiary/aromatic N) is 1. The van der Waals surface area contributed by atoms with Gasteiger partial charge in [-0.15, -0.1) is 0 Å². The number of methoxy groups -OCH3 is 1. The van der Waals surface area contributed by atoms with Gasteiger partial charge >= 0.3 is 0 Å². The second kappa shape index (κ2) is 9.55. The molecule has 0 radical (unpaired) electrons. The molecule has 0 fully saturated rings. The second-order valence-electron chi connectivity index (χ2n) is 9.29. The first-order valence-electron chi connectivity index (χ1n) is 12.5. The summed E-state index contributed by atoms with van der Waals surface area (Å²) in [5.74, 6) is 0.223. The molecule has 3 heterocycles. The molecule has 0 atom stereocenters. The van der Waals surface area contributed by atoms with Gasteiger partial charge in [0, 0.05) is 41.0 Å². The van der Waals surface area contributed by atoms with Crippen LogP contribution in [0, 0.1) is 0 Å². The molecule has 6 rings (SSSR count). The Morgan fingerprint density at radius 1 is 0.816 bits per heavy atom. The minimum absolute atomic E-state index is 0.259. The van der Waals surface area contributed by atoms with Crippen molar-refractivity contribution in [3.63, 3.8) is 0 Å². The van der Waals surface area contributed by atoms with E-state index in [0.717, 1.165) is 50.1 Å². The third-order valence-electron chi connectivity index (χ3n) is 7.24. The Hall–Kier alpha value is -4.85. The number of hydrogen-bond acceptors (Lipinski definition) is 4. The summed E-state index contributed by atoms with van der Waals surface area (Å²) in [5, 5.41) is 4.84. The second-order valence-corrected chi connectivity index (χ2v) is 9.29. The van der Waals surface area contributed by atoms with Crippen molar-refractivity contribution in [3.8, 4) is 17.1 Å². The van der Waals surface area contributed by atoms with Crippen molar-refractivity contribution in [2.45, 2.75) is 12.8 Å². The summed E-state index contributed by atoms with van der Waals surface area (Å²) in [6.45, 7) is 0.747. The molecule has 3 N–H and O–H groups in total. The summed E-state index contributed by atoms with van der Waals surface area (Å²) in [4.78, 5) is 45.4. The van der Waals surface area contributed by atoms with Crippen LogP contribution in [0.15, 0.2) is 66.7 Å². The van der Waals surface area contributed by atoms with Crippen LogP contribution in [0.5, 0.6) is 5.75 Å². The number of amides is 3. The maximum Gasteiger partial charge on any atom is 0.261 e. The van der Waals surface area contributed by atoms with Crippen molar-refractivity contribution in [2.75, 3.05) is 20.2 Å². The first kappa shape index (κ1) is 23.5. The number of H-pyrrole nitrogens is 2. The minimum Gasteiger partial charge on any atom is -0.497 e. The van der Waals surface area contributed by atoms with E-state index in [0.29, 0.717) is 36.9 Å². The average Bonchev–Trinajstić information content (AvgIpc) is 3.57. The molecule has 190 valence electrons. The van der Waals surface area contributed by atoms with E-state index in [-0.39, 0.29) is 18.4 Å². The summed E-state index contributed by atoms with van der Waals surface area (Å²) in [6.07, 6.45) is 1.80. The molecule has 3 aromatic carbocycles. The number of carbonyl (C=O) groups is 3. The number of rotatable bonds is 9. The van der Waals surface area contributed by atoms with E-state index in [1.165, 1.54) is 4.90 Å². The molecule has 38 heavy (non-hydrogen) atoms. The Kier molecular flexibility index (Phi) is 5.92. The van der Waals surface area contributed by atoms with Crippen LogP contribution in [0.1, 0.15) is 31.8 Å². The van der Waals surface area contributed by atoms with Crippen molar-refractivity contribution in [3.05, 3.63) is 89.0 Å². The van der Waals surface area contributed by atoms with Crippen LogP contribution in [0.2, 0.25) is 0 Å². The lowest BCUT2D eigenvalue weighted by Gasteiger charge is -2.14. The molecule has 2 aromatic heterocycles. The Balaban J connectivity index is 1.43. The van der Waals surface area contributed by atoms with Crippen LogP contribution >= 0.6 is 0 Å². The SMILES string of the molecule is COc1ccc2c(CCNC=O)c(-c3[nH]c4ccccc4c3CCN3C(=O)c4ccccc4C3=O)[nH]c2c1. The minimum atomic E-state index is -0.259. The Morgan fingerprint density at radius 2 is 1.45 bits per heavy atom. The van der Waals surface area contributed by atoms with Crippen molar-refractivity contribution >= 4 is 40.0 Å². The number of imide groups is 1. The number of benzene rings is 3. The Bertz CT molecular complexity index is 1680. The van der Waals surface area contributed by atoms with Gasteiger partial charge in [-0.1, -0.05) is 30.3 Å². The van der Waals surface area contributed by atoms with Crippen LogP contribution in [0.25, 0.3) is 33.2 Å². The molecule has 0 bridgehead atoms. The number of para-hydroxylation sites is 1. The van der Waals surface area contributed by atoms with E-state index >= 15 is 0 Å². The lowest BCUT2D eigenvalue weighted by molar-refractivity contribution is -0.109. The molecule has 0 saturated heterocycles. The predicted molar refractivity (Wildman–Crippen MR) is 145 cm³/mol. The zero-order chi connectivity index (χ0) is 26.2. The maximum atomic E-state index is 13.0. The van der Waals surface area contributed by atoms with Gasteiger partial charge in [-0.25, -0.2) is 0 Å². The monoisotopic (exact) mass is 506 g/mol. The van der Waals surface area contributed by atoms with Crippen molar-refractivity contribution in [1.29, 1.82) is 0 Å². The average molecular weight is 507 g/mol. The van der Waals surface area contributed by atoms with Gasteiger partial charge in [0.2, 0.25) is 6.41 Å². The van der Waals surface area contributed by atoms with E-state index in [4.69, 9.17) is 4.74 Å². The van der Waals surface area contributed by atoms with Crippen molar-refractivity contribution < 1.29 is 19.1 Å². The Labute approximate surface area is 218 Å². The lowest BCUT2D eigenvalue weighted by atomic mass is 10.0. The first-order valence-corrected chi connectivity index (χ1v) is 12.5. The number of carbonyl (C=O) groups excluding carboxylic acids is 3. The van der Waals surface area contributed by atoms with Crippen LogP contribution in [0.4, 0.5) is 0 Å². The quantitative estimate of drug-likeness (QED) is 0.156. The smallest absolute Gasteiger partial charge is 0.261 e. The molecule has 5 aromatic rings. The summed E-state index contributed by atoms with van der Waals surface area (Å²) in [7, 11) is 1.63. The van der Waals surface area contributed by atoms with Crippen molar-refractivity contribution in [1.82, 2.24) is 20.2 Å². The van der Waals surface area contributed by atoms with Crippen molar-refractivity contribution in [2.24, 2.45) is 0 Å². The zero-order valence-electron chi connectivity index (χ0n) is 20.8. The highest BCUT2D eigenvalue weighted by atomic mass is 16.5. The fourth-order valence-corrected chi connectivity index (χ4v) is 5.43. The number of ether oxygens (including phenoxy) is 1. The Morgan fingerprint density at radius 3 is 2.16 bits per heavy atom. The van der Waals surface area contributed by atoms with Gasteiger partial charge in [0.15, 0.2) is 0 Å². The molecule has 0 unspecified atom stereocenters. The van der Waals surface area contributed by atoms with Gasteiger partial charge in [-0.05, 0) is 54.3 Å². The molecule has 1 aliphatic rings. The molecular weight excluding hydrogens is 480 g/mol. The largest absolute Gasteiger partial charge is 0.497 e. The molecule has 1 aliphatic heterocycles. The van der Waals surface area contributed by atoms with E-state index in [1.807, 2.05) is 42.5 Å². The van der Waals surface area contributed by atoms with Gasteiger partial charge in [0.05, 0.1) is 29.6 Å². The number of hydrogen-bond donors (Lipinski definition) is 3. The highest BCUT2D eigenvalue weighted by Crippen LogP contribution is 2.37. The van der Waals surface area contributed by atoms with Gasteiger partial charge in [0.1, 0.15) is 5.75 Å². The normalized spacial score (nSPS) is 12.9. The first-order chi connectivity index (χ1) is 18.6. The van der Waals surface area contributed by atoms with Crippen LogP contribution < -0.4 is 10.1 Å². The predicted octanol–water partition coefficient (Wildman–Crippen LogP) is 4.45. The third-order valence-corrected chi connectivity index (χ3v) is 7.24. The third kappa shape index (κ3) is 3.82. The number of nitrogens with one attached hydrogen (secondary N) is 3. The standard InChI is InChI=1S/C30H26N4O4/c1-38-18-10-11-20-21(12-14-31-17-35)27(33-26(20)16-18)28-22(19-6-4-5-9-25(19)32-28)13-15-34-29(36)23-7-2-3-8-24(23)30(34)37/h2-11,16-17,32-33H,12-15H2,1H3,(H,31,35). The highest BCUT2D eigenvalue weighted by molar-refractivity contribution is 6.21. The van der Waals surface area contributed by atoms with Gasteiger partial charge in [-0.3, -0.25) is 19.3 Å². The van der Waals surface area contributed by atoms with Crippen LogP contribution in [0.3, 0.4) is 0 Å². The lowest BCUT2D eigenvalue weighted by Crippen LogP contribution is -2.31. The molecule has 3 amide bonds. The molecular formula is C30H26N4O4. The highest BCUT2D eigenvalue weighted by Gasteiger charge is 2.35. The fourth-order valence-electron chi connectivity index (χ4n) is 5.43. The molecule has 0 saturated carbocycles. The summed E-state index contributed by atoms with van der Waals surface area (Å²) < 4.78 is 5.43. The van der Waals surface area contributed by atoms with E-state index < -0.39 is 0 Å². The van der Waals surface area contributed by atoms with Gasteiger partial charge < -0.3 is 20.0 Å². The molecule has 0 aliphatic carbocycles. The molecule has 8 nitrogen and oxygen atoms in total. The molecule has 8 heteroatoms. The zero-order valence-corrected chi connectivity index (χ0v) is 20.8. The summed E-state index contributed by atoms with van der Waals surface area (Å²) in [6, 6.07) is 20.9. The van der Waals surface area contributed by atoms with E-state index in [2.05, 4.69) is 15.3 Å².